The van der Waals surface area contributed by atoms with E-state index in [9.17, 15) is 9.59 Å². The van der Waals surface area contributed by atoms with Crippen molar-refractivity contribution in [3.8, 4) is 6.07 Å². The predicted octanol–water partition coefficient (Wildman–Crippen LogP) is 0.910. The second-order valence-corrected chi connectivity index (χ2v) is 3.91. The van der Waals surface area contributed by atoms with Crippen LogP contribution in [0.1, 0.15) is 11.1 Å². The third-order valence-corrected chi connectivity index (χ3v) is 2.26. The van der Waals surface area contributed by atoms with E-state index in [4.69, 9.17) is 15.5 Å². The van der Waals surface area contributed by atoms with Crippen molar-refractivity contribution in [3.63, 3.8) is 0 Å². The number of benzene rings is 1. The highest BCUT2D eigenvalue weighted by Gasteiger charge is 1.95. The van der Waals surface area contributed by atoms with Crippen LogP contribution >= 0.6 is 0 Å². The van der Waals surface area contributed by atoms with Gasteiger partial charge in [0.1, 0.15) is 12.7 Å². The average molecular weight is 300 g/mol. The molecule has 0 radical (unpaired) electrons. The molecule has 1 aromatic carbocycles. The van der Waals surface area contributed by atoms with Crippen LogP contribution in [0.3, 0.4) is 0 Å². The molecule has 2 aromatic rings. The molecule has 0 aliphatic rings. The molecule has 22 heavy (non-hydrogen) atoms. The topological polar surface area (TPSA) is 129 Å². The van der Waals surface area contributed by atoms with Crippen LogP contribution in [0, 0.1) is 11.3 Å². The molecule has 0 saturated heterocycles. The first kappa shape index (κ1) is 16.6. The summed E-state index contributed by atoms with van der Waals surface area (Å²) < 4.78 is 1.74. The molecule has 0 unspecified atom stereocenters. The van der Waals surface area contributed by atoms with Crippen molar-refractivity contribution < 1.29 is 19.8 Å². The first-order chi connectivity index (χ1) is 10.5. The highest BCUT2D eigenvalue weighted by Crippen LogP contribution is 2.04. The van der Waals surface area contributed by atoms with E-state index in [1.54, 1.807) is 23.1 Å². The van der Waals surface area contributed by atoms with E-state index in [2.05, 4.69) is 16.2 Å². The van der Waals surface area contributed by atoms with Gasteiger partial charge in [-0.15, -0.1) is 0 Å². The van der Waals surface area contributed by atoms with Gasteiger partial charge in [0, 0.05) is 12.2 Å². The molecule has 0 aliphatic carbocycles. The maximum atomic E-state index is 9.55. The van der Waals surface area contributed by atoms with Crippen LogP contribution in [-0.4, -0.2) is 36.9 Å². The lowest BCUT2D eigenvalue weighted by Gasteiger charge is -2.00. The number of nitrogens with zero attached hydrogens (tertiary/aromatic N) is 4. The molecular weight excluding hydrogens is 288 g/mol. The number of aromatic nitrogens is 3. The normalized spacial score (nSPS) is 9.59. The minimum Gasteiger partial charge on any atom is -0.478 e. The molecule has 1 heterocycles. The van der Waals surface area contributed by atoms with Crippen LogP contribution in [0.15, 0.2) is 49.1 Å². The average Bonchev–Trinajstić information content (AvgIpc) is 2.99. The predicted molar refractivity (Wildman–Crippen MR) is 74.7 cm³/mol. The number of carboxylic acids is 2. The highest BCUT2D eigenvalue weighted by atomic mass is 16.4. The summed E-state index contributed by atoms with van der Waals surface area (Å²) in [4.78, 5) is 23.0. The Labute approximate surface area is 125 Å². The second kappa shape index (κ2) is 8.65. The third kappa shape index (κ3) is 6.63. The SMILES string of the molecule is N#Cc1ccc(Cn2cncn2)cc1.O=C(O)/C=C/C(=O)O. The lowest BCUT2D eigenvalue weighted by atomic mass is 10.1. The van der Waals surface area contributed by atoms with E-state index < -0.39 is 11.9 Å². The minimum absolute atomic E-state index is 0.558. The maximum Gasteiger partial charge on any atom is 0.328 e. The zero-order chi connectivity index (χ0) is 16.4. The highest BCUT2D eigenvalue weighted by molar-refractivity contribution is 5.89. The summed E-state index contributed by atoms with van der Waals surface area (Å²) in [6, 6.07) is 9.51. The van der Waals surface area contributed by atoms with Gasteiger partial charge in [-0.25, -0.2) is 19.3 Å². The van der Waals surface area contributed by atoms with Gasteiger partial charge >= 0.3 is 11.9 Å². The number of hydrogen-bond acceptors (Lipinski definition) is 5. The van der Waals surface area contributed by atoms with Gasteiger partial charge in [-0.2, -0.15) is 10.4 Å². The number of carboxylic acid groups (broad SMARTS) is 2. The molecule has 112 valence electrons. The van der Waals surface area contributed by atoms with Crippen molar-refractivity contribution in [1.29, 1.82) is 5.26 Å². The Bertz CT molecular complexity index is 669. The first-order valence-electron chi connectivity index (χ1n) is 5.96. The molecule has 0 bridgehead atoms. The largest absolute Gasteiger partial charge is 0.478 e. The Hall–Kier alpha value is -3.47. The van der Waals surface area contributed by atoms with Crippen LogP contribution in [0.2, 0.25) is 0 Å². The molecule has 2 rings (SSSR count). The molecule has 1 aromatic heterocycles. The summed E-state index contributed by atoms with van der Waals surface area (Å²) in [6.45, 7) is 0.686. The molecule has 0 atom stereocenters. The summed E-state index contributed by atoms with van der Waals surface area (Å²) in [5.41, 5.74) is 1.78. The Balaban J connectivity index is 0.000000261. The van der Waals surface area contributed by atoms with E-state index >= 15 is 0 Å². The van der Waals surface area contributed by atoms with E-state index in [0.717, 1.165) is 5.56 Å². The lowest BCUT2D eigenvalue weighted by molar-refractivity contribution is -0.134. The fourth-order valence-electron chi connectivity index (χ4n) is 1.33. The standard InChI is InChI=1S/C10H8N4.C4H4O4/c11-5-9-1-3-10(4-2-9)6-14-8-12-7-13-14;5-3(6)1-2-4(7)8/h1-4,7-8H,6H2;1-2H,(H,5,6)(H,7,8)/b;2-1+. The molecule has 2 N–H and O–H groups in total. The smallest absolute Gasteiger partial charge is 0.328 e. The van der Waals surface area contributed by atoms with Gasteiger partial charge in [0.05, 0.1) is 18.2 Å². The lowest BCUT2D eigenvalue weighted by Crippen LogP contribution is -1.99. The molecular formula is C14H12N4O4. The van der Waals surface area contributed by atoms with Crippen LogP contribution in [-0.2, 0) is 16.1 Å². The van der Waals surface area contributed by atoms with Gasteiger partial charge in [0.25, 0.3) is 0 Å². The van der Waals surface area contributed by atoms with Crippen LogP contribution in [0.25, 0.3) is 0 Å². The van der Waals surface area contributed by atoms with Crippen molar-refractivity contribution in [1.82, 2.24) is 14.8 Å². The molecule has 8 heteroatoms. The zero-order valence-corrected chi connectivity index (χ0v) is 11.3. The van der Waals surface area contributed by atoms with E-state index in [0.29, 0.717) is 24.3 Å². The Morgan fingerprint density at radius 1 is 1.18 bits per heavy atom. The van der Waals surface area contributed by atoms with Crippen molar-refractivity contribution >= 4 is 11.9 Å². The molecule has 0 fully saturated rings. The monoisotopic (exact) mass is 300 g/mol. The van der Waals surface area contributed by atoms with E-state index in [1.807, 2.05) is 12.1 Å². The van der Waals surface area contributed by atoms with E-state index in [-0.39, 0.29) is 0 Å². The summed E-state index contributed by atoms with van der Waals surface area (Å²) >= 11 is 0. The molecule has 0 aliphatic heterocycles. The Kier molecular flexibility index (Phi) is 6.52. The van der Waals surface area contributed by atoms with Crippen LogP contribution in [0.4, 0.5) is 0 Å². The molecule has 0 amide bonds. The summed E-state index contributed by atoms with van der Waals surface area (Å²) in [7, 11) is 0. The van der Waals surface area contributed by atoms with Crippen molar-refractivity contribution in [3.05, 3.63) is 60.2 Å². The Morgan fingerprint density at radius 3 is 2.18 bits per heavy atom. The van der Waals surface area contributed by atoms with Crippen molar-refractivity contribution in [2.24, 2.45) is 0 Å². The first-order valence-corrected chi connectivity index (χ1v) is 5.96. The third-order valence-electron chi connectivity index (χ3n) is 2.26. The maximum absolute atomic E-state index is 9.55. The van der Waals surface area contributed by atoms with Crippen LogP contribution < -0.4 is 0 Å². The molecule has 8 nitrogen and oxygen atoms in total. The van der Waals surface area contributed by atoms with Crippen molar-refractivity contribution in [2.45, 2.75) is 6.54 Å². The molecule has 0 saturated carbocycles. The number of carbonyl (C=O) groups is 2. The van der Waals surface area contributed by atoms with Crippen LogP contribution in [0.5, 0.6) is 0 Å². The number of nitriles is 1. The number of aliphatic carboxylic acids is 2. The number of hydrogen-bond donors (Lipinski definition) is 2. The van der Waals surface area contributed by atoms with E-state index in [1.165, 1.54) is 6.33 Å². The fraction of sp³-hybridized carbons (Fsp3) is 0.0714. The van der Waals surface area contributed by atoms with Gasteiger partial charge in [-0.05, 0) is 17.7 Å². The van der Waals surface area contributed by atoms with Gasteiger partial charge in [0.2, 0.25) is 0 Å². The minimum atomic E-state index is -1.26. The summed E-state index contributed by atoms with van der Waals surface area (Å²) in [5, 5.41) is 28.2. The zero-order valence-electron chi connectivity index (χ0n) is 11.3. The van der Waals surface area contributed by atoms with Gasteiger partial charge in [-0.3, -0.25) is 0 Å². The molecule has 0 spiro atoms. The summed E-state index contributed by atoms with van der Waals surface area (Å²) in [6.07, 6.45) is 4.28. The number of rotatable bonds is 4. The van der Waals surface area contributed by atoms with Gasteiger partial charge in [-0.1, -0.05) is 12.1 Å². The van der Waals surface area contributed by atoms with Gasteiger partial charge in [0.15, 0.2) is 0 Å². The van der Waals surface area contributed by atoms with Gasteiger partial charge < -0.3 is 10.2 Å². The van der Waals surface area contributed by atoms with Crippen molar-refractivity contribution in [2.75, 3.05) is 0 Å². The summed E-state index contributed by atoms with van der Waals surface area (Å²) in [5.74, 6) is -2.51. The Morgan fingerprint density at radius 2 is 1.77 bits per heavy atom. The quantitative estimate of drug-likeness (QED) is 0.803. The fourth-order valence-corrected chi connectivity index (χ4v) is 1.33. The second-order valence-electron chi connectivity index (χ2n) is 3.91.